The number of carbonyl (C=O) groups is 2. The van der Waals surface area contributed by atoms with Crippen molar-refractivity contribution in [2.45, 2.75) is 19.4 Å². The van der Waals surface area contributed by atoms with Crippen LogP contribution in [0, 0.1) is 0 Å². The summed E-state index contributed by atoms with van der Waals surface area (Å²) >= 11 is 1.46. The van der Waals surface area contributed by atoms with E-state index in [-0.39, 0.29) is 31.2 Å². The van der Waals surface area contributed by atoms with E-state index >= 15 is 0 Å². The van der Waals surface area contributed by atoms with Crippen molar-refractivity contribution < 1.29 is 9.59 Å². The minimum Gasteiger partial charge on any atom is -0.308 e. The summed E-state index contributed by atoms with van der Waals surface area (Å²) in [6.45, 7) is 0.0974. The second-order valence-electron chi connectivity index (χ2n) is 4.15. The largest absolute Gasteiger partial charge is 0.308 e. The van der Waals surface area contributed by atoms with Crippen LogP contribution in [0.25, 0.3) is 10.2 Å². The lowest BCUT2D eigenvalue weighted by Crippen LogP contribution is -2.29. The molecule has 3 N–H and O–H groups in total. The zero-order chi connectivity index (χ0) is 13.4. The van der Waals surface area contributed by atoms with Crippen molar-refractivity contribution in [1.29, 1.82) is 0 Å². The summed E-state index contributed by atoms with van der Waals surface area (Å²) in [5, 5.41) is 2.71. The second kappa shape index (κ2) is 4.56. The lowest BCUT2D eigenvalue weighted by molar-refractivity contribution is -0.139. The number of hydrazine groups is 1. The Morgan fingerprint density at radius 3 is 2.74 bits per heavy atom. The highest BCUT2D eigenvalue weighted by atomic mass is 32.1. The van der Waals surface area contributed by atoms with Crippen molar-refractivity contribution in [2.75, 3.05) is 5.43 Å². The standard InChI is InChI=1S/C11H11N5O2S/c12-15-10-6-3-4-19-11(6)14-7(13-10)5-16-8(17)1-2-9(16)18/h3-4H,1-2,5,12H2,(H,13,14,15). The molecule has 1 aliphatic rings. The molecule has 0 unspecified atom stereocenters. The van der Waals surface area contributed by atoms with Gasteiger partial charge in [-0.15, -0.1) is 11.3 Å². The minimum absolute atomic E-state index is 0.0974. The number of amides is 2. The van der Waals surface area contributed by atoms with Crippen LogP contribution in [0.2, 0.25) is 0 Å². The Morgan fingerprint density at radius 1 is 1.32 bits per heavy atom. The number of thiophene rings is 1. The zero-order valence-corrected chi connectivity index (χ0v) is 10.7. The van der Waals surface area contributed by atoms with Crippen LogP contribution in [-0.2, 0) is 16.1 Å². The van der Waals surface area contributed by atoms with Gasteiger partial charge in [0.25, 0.3) is 0 Å². The number of carbonyl (C=O) groups excluding carboxylic acids is 2. The maximum Gasteiger partial charge on any atom is 0.230 e. The Labute approximate surface area is 112 Å². The summed E-state index contributed by atoms with van der Waals surface area (Å²) in [4.78, 5) is 33.7. The van der Waals surface area contributed by atoms with Crippen LogP contribution in [0.4, 0.5) is 5.82 Å². The average molecular weight is 277 g/mol. The number of fused-ring (bicyclic) bond motifs is 1. The number of anilines is 1. The SMILES string of the molecule is NNc1nc(CN2C(=O)CCC2=O)nc2sccc12. The van der Waals surface area contributed by atoms with Gasteiger partial charge in [0.1, 0.15) is 4.83 Å². The summed E-state index contributed by atoms with van der Waals surface area (Å²) in [5.74, 6) is 5.98. The molecule has 8 heteroatoms. The number of imide groups is 1. The predicted molar refractivity (Wildman–Crippen MR) is 70.0 cm³/mol. The van der Waals surface area contributed by atoms with Crippen molar-refractivity contribution >= 4 is 39.2 Å². The molecule has 3 heterocycles. The van der Waals surface area contributed by atoms with Gasteiger partial charge in [0.2, 0.25) is 11.8 Å². The number of nitrogens with zero attached hydrogens (tertiary/aromatic N) is 3. The fraction of sp³-hybridized carbons (Fsp3) is 0.273. The van der Waals surface area contributed by atoms with Crippen LogP contribution in [0.1, 0.15) is 18.7 Å². The summed E-state index contributed by atoms with van der Waals surface area (Å²) in [5.41, 5.74) is 2.51. The Hall–Kier alpha value is -2.06. The highest BCUT2D eigenvalue weighted by molar-refractivity contribution is 7.16. The highest BCUT2D eigenvalue weighted by Crippen LogP contribution is 2.25. The van der Waals surface area contributed by atoms with Crippen molar-refractivity contribution in [3.63, 3.8) is 0 Å². The summed E-state index contributed by atoms with van der Waals surface area (Å²) in [6.07, 6.45) is 0.532. The third-order valence-electron chi connectivity index (χ3n) is 2.96. The van der Waals surface area contributed by atoms with Gasteiger partial charge in [0.05, 0.1) is 11.9 Å². The first-order chi connectivity index (χ1) is 9.19. The fourth-order valence-corrected chi connectivity index (χ4v) is 2.80. The molecule has 1 aliphatic heterocycles. The lowest BCUT2D eigenvalue weighted by Gasteiger charge is -2.13. The molecule has 1 saturated heterocycles. The van der Waals surface area contributed by atoms with Crippen molar-refractivity contribution in [3.05, 3.63) is 17.3 Å². The molecule has 0 spiro atoms. The topological polar surface area (TPSA) is 101 Å². The quantitative estimate of drug-likeness (QED) is 0.484. The second-order valence-corrected chi connectivity index (χ2v) is 5.04. The van der Waals surface area contributed by atoms with E-state index in [4.69, 9.17) is 5.84 Å². The van der Waals surface area contributed by atoms with E-state index in [1.807, 2.05) is 11.4 Å². The van der Waals surface area contributed by atoms with Crippen LogP contribution in [0.15, 0.2) is 11.4 Å². The smallest absolute Gasteiger partial charge is 0.230 e. The van der Waals surface area contributed by atoms with Crippen LogP contribution in [-0.4, -0.2) is 26.7 Å². The van der Waals surface area contributed by atoms with Gasteiger partial charge in [0.15, 0.2) is 11.6 Å². The molecule has 19 heavy (non-hydrogen) atoms. The van der Waals surface area contributed by atoms with E-state index in [1.54, 1.807) is 0 Å². The van der Waals surface area contributed by atoms with E-state index in [1.165, 1.54) is 16.2 Å². The molecule has 0 radical (unpaired) electrons. The van der Waals surface area contributed by atoms with Crippen molar-refractivity contribution in [1.82, 2.24) is 14.9 Å². The molecule has 7 nitrogen and oxygen atoms in total. The molecule has 0 aliphatic carbocycles. The van der Waals surface area contributed by atoms with Crippen LogP contribution >= 0.6 is 11.3 Å². The van der Waals surface area contributed by atoms with Gasteiger partial charge in [0, 0.05) is 12.8 Å². The van der Waals surface area contributed by atoms with Gasteiger partial charge in [-0.25, -0.2) is 15.8 Å². The number of nitrogens with two attached hydrogens (primary N) is 1. The van der Waals surface area contributed by atoms with Gasteiger partial charge in [-0.05, 0) is 11.4 Å². The molecular formula is C11H11N5O2S. The maximum absolute atomic E-state index is 11.6. The third kappa shape index (κ3) is 2.04. The number of likely N-dealkylation sites (tertiary alicyclic amines) is 1. The molecule has 0 bridgehead atoms. The molecule has 3 rings (SSSR count). The Bertz CT molecular complexity index is 652. The Kier molecular flexibility index (Phi) is 2.88. The van der Waals surface area contributed by atoms with Gasteiger partial charge in [-0.3, -0.25) is 14.5 Å². The number of aromatic nitrogens is 2. The summed E-state index contributed by atoms with van der Waals surface area (Å²) in [6, 6.07) is 1.87. The van der Waals surface area contributed by atoms with Crippen LogP contribution < -0.4 is 11.3 Å². The molecule has 98 valence electrons. The first-order valence-corrected chi connectivity index (χ1v) is 6.61. The van der Waals surface area contributed by atoms with Crippen molar-refractivity contribution in [2.24, 2.45) is 5.84 Å². The van der Waals surface area contributed by atoms with E-state index in [0.29, 0.717) is 11.6 Å². The van der Waals surface area contributed by atoms with Crippen LogP contribution in [0.5, 0.6) is 0 Å². The number of nitrogens with one attached hydrogen (secondary N) is 1. The molecular weight excluding hydrogens is 266 g/mol. The number of hydrogen-bond donors (Lipinski definition) is 2. The van der Waals surface area contributed by atoms with E-state index in [2.05, 4.69) is 15.4 Å². The van der Waals surface area contributed by atoms with E-state index < -0.39 is 0 Å². The van der Waals surface area contributed by atoms with Crippen molar-refractivity contribution in [3.8, 4) is 0 Å². The molecule has 1 fully saturated rings. The summed E-state index contributed by atoms with van der Waals surface area (Å²) in [7, 11) is 0. The average Bonchev–Trinajstić information content (AvgIpc) is 2.99. The highest BCUT2D eigenvalue weighted by Gasteiger charge is 2.29. The lowest BCUT2D eigenvalue weighted by atomic mass is 10.3. The predicted octanol–water partition coefficient (Wildman–Crippen LogP) is 0.626. The maximum atomic E-state index is 11.6. The zero-order valence-electron chi connectivity index (χ0n) is 9.92. The first-order valence-electron chi connectivity index (χ1n) is 5.73. The fourth-order valence-electron chi connectivity index (χ4n) is 2.02. The number of rotatable bonds is 3. The normalized spacial score (nSPS) is 15.5. The van der Waals surface area contributed by atoms with E-state index in [0.717, 1.165) is 10.2 Å². The van der Waals surface area contributed by atoms with Crippen LogP contribution in [0.3, 0.4) is 0 Å². The van der Waals surface area contributed by atoms with Gasteiger partial charge in [-0.2, -0.15) is 0 Å². The number of nitrogen functional groups attached to an aromatic ring is 1. The molecule has 0 saturated carbocycles. The Balaban J connectivity index is 1.96. The summed E-state index contributed by atoms with van der Waals surface area (Å²) < 4.78 is 0. The van der Waals surface area contributed by atoms with Gasteiger partial charge < -0.3 is 5.43 Å². The first kappa shape index (κ1) is 12.0. The van der Waals surface area contributed by atoms with Gasteiger partial charge in [-0.1, -0.05) is 0 Å². The minimum atomic E-state index is -0.179. The molecule has 0 aromatic carbocycles. The molecule has 2 aromatic rings. The molecule has 2 amide bonds. The molecule has 0 atom stereocenters. The monoisotopic (exact) mass is 277 g/mol. The van der Waals surface area contributed by atoms with E-state index in [9.17, 15) is 9.59 Å². The Morgan fingerprint density at radius 2 is 2.05 bits per heavy atom. The molecule has 2 aromatic heterocycles. The van der Waals surface area contributed by atoms with Gasteiger partial charge >= 0.3 is 0 Å². The number of hydrogen-bond acceptors (Lipinski definition) is 7. The third-order valence-corrected chi connectivity index (χ3v) is 3.77.